The van der Waals surface area contributed by atoms with Gasteiger partial charge in [0.25, 0.3) is 5.91 Å². The SMILES string of the molecule is COC(=O)c1ccc(CN2CCN(C3=NC(=O)C(=Cc4ccccc4)S3)CC2)cc1. The molecule has 0 aromatic heterocycles. The largest absolute Gasteiger partial charge is 0.465 e. The fourth-order valence-corrected chi connectivity index (χ4v) is 4.42. The van der Waals surface area contributed by atoms with Crippen molar-refractivity contribution in [1.82, 2.24) is 9.80 Å². The van der Waals surface area contributed by atoms with E-state index in [1.807, 2.05) is 48.5 Å². The average molecular weight is 422 g/mol. The first-order valence-electron chi connectivity index (χ1n) is 9.84. The van der Waals surface area contributed by atoms with Crippen molar-refractivity contribution >= 4 is 34.9 Å². The van der Waals surface area contributed by atoms with Gasteiger partial charge in [-0.2, -0.15) is 4.99 Å². The average Bonchev–Trinajstić information content (AvgIpc) is 3.15. The summed E-state index contributed by atoms with van der Waals surface area (Å²) >= 11 is 1.46. The molecular formula is C23H23N3O3S. The molecule has 0 spiro atoms. The van der Waals surface area contributed by atoms with Crippen molar-refractivity contribution in [3.63, 3.8) is 0 Å². The predicted octanol–water partition coefficient (Wildman–Crippen LogP) is 3.26. The third kappa shape index (κ3) is 4.80. The molecule has 0 atom stereocenters. The standard InChI is InChI=1S/C23H23N3O3S/c1-29-22(28)19-9-7-18(8-10-19)16-25-11-13-26(14-12-25)23-24-21(27)20(30-23)15-17-5-3-2-4-6-17/h2-10,15H,11-14,16H2,1H3. The number of hydrogen-bond donors (Lipinski definition) is 0. The van der Waals surface area contributed by atoms with Gasteiger partial charge in [-0.1, -0.05) is 42.5 Å². The molecule has 7 heteroatoms. The lowest BCUT2D eigenvalue weighted by atomic mass is 10.1. The second-order valence-corrected chi connectivity index (χ2v) is 8.18. The number of ether oxygens (including phenoxy) is 1. The molecule has 1 amide bonds. The molecule has 2 aliphatic heterocycles. The highest BCUT2D eigenvalue weighted by molar-refractivity contribution is 8.18. The van der Waals surface area contributed by atoms with Gasteiger partial charge < -0.3 is 9.64 Å². The maximum atomic E-state index is 12.3. The Kier molecular flexibility index (Phi) is 6.30. The summed E-state index contributed by atoms with van der Waals surface area (Å²) in [5.74, 6) is -0.479. The van der Waals surface area contributed by atoms with E-state index < -0.39 is 0 Å². The van der Waals surface area contributed by atoms with Crippen molar-refractivity contribution < 1.29 is 14.3 Å². The number of amides is 1. The normalized spacial score (nSPS) is 18.6. The number of rotatable bonds is 4. The molecule has 1 saturated heterocycles. The molecule has 6 nitrogen and oxygen atoms in total. The van der Waals surface area contributed by atoms with Crippen molar-refractivity contribution in [2.24, 2.45) is 4.99 Å². The molecule has 0 N–H and O–H groups in total. The summed E-state index contributed by atoms with van der Waals surface area (Å²) in [6.07, 6.45) is 1.90. The zero-order chi connectivity index (χ0) is 20.9. The van der Waals surface area contributed by atoms with Gasteiger partial charge in [0.15, 0.2) is 5.17 Å². The summed E-state index contributed by atoms with van der Waals surface area (Å²) in [6.45, 7) is 4.28. The fourth-order valence-electron chi connectivity index (χ4n) is 3.45. The van der Waals surface area contributed by atoms with Gasteiger partial charge in [0.1, 0.15) is 0 Å². The first-order valence-corrected chi connectivity index (χ1v) is 10.7. The number of carbonyl (C=O) groups excluding carboxylic acids is 2. The summed E-state index contributed by atoms with van der Waals surface area (Å²) in [4.78, 5) is 33.3. The molecule has 0 bridgehead atoms. The van der Waals surface area contributed by atoms with E-state index in [0.717, 1.165) is 49.0 Å². The first kappa shape index (κ1) is 20.4. The number of amidine groups is 1. The Balaban J connectivity index is 1.30. The number of thioether (sulfide) groups is 1. The second-order valence-electron chi connectivity index (χ2n) is 7.17. The van der Waals surface area contributed by atoms with Crippen molar-refractivity contribution in [2.75, 3.05) is 33.3 Å². The summed E-state index contributed by atoms with van der Waals surface area (Å²) in [5.41, 5.74) is 2.73. The smallest absolute Gasteiger partial charge is 0.337 e. The molecule has 4 rings (SSSR count). The van der Waals surface area contributed by atoms with Crippen molar-refractivity contribution in [1.29, 1.82) is 0 Å². The first-order chi connectivity index (χ1) is 14.6. The number of nitrogens with zero attached hydrogens (tertiary/aromatic N) is 3. The van der Waals surface area contributed by atoms with Crippen LogP contribution in [-0.4, -0.2) is 60.1 Å². The number of hydrogen-bond acceptors (Lipinski definition) is 6. The predicted molar refractivity (Wildman–Crippen MR) is 119 cm³/mol. The van der Waals surface area contributed by atoms with Gasteiger partial charge in [-0.15, -0.1) is 0 Å². The lowest BCUT2D eigenvalue weighted by Gasteiger charge is -2.35. The van der Waals surface area contributed by atoms with Crippen LogP contribution in [0.1, 0.15) is 21.5 Å². The Morgan fingerprint density at radius 2 is 1.77 bits per heavy atom. The number of esters is 1. The second kappa shape index (κ2) is 9.28. The Hall–Kier alpha value is -2.90. The van der Waals surface area contributed by atoms with Crippen LogP contribution >= 0.6 is 11.8 Å². The number of piperazine rings is 1. The number of methoxy groups -OCH3 is 1. The highest BCUT2D eigenvalue weighted by Gasteiger charge is 2.28. The van der Waals surface area contributed by atoms with Gasteiger partial charge in [-0.25, -0.2) is 4.79 Å². The van der Waals surface area contributed by atoms with Gasteiger partial charge in [0, 0.05) is 32.7 Å². The maximum absolute atomic E-state index is 12.3. The number of benzene rings is 2. The molecule has 2 aromatic carbocycles. The minimum atomic E-state index is -0.319. The lowest BCUT2D eigenvalue weighted by molar-refractivity contribution is -0.113. The van der Waals surface area contributed by atoms with E-state index in [-0.39, 0.29) is 11.9 Å². The molecule has 2 aliphatic rings. The lowest BCUT2D eigenvalue weighted by Crippen LogP contribution is -2.47. The molecule has 30 heavy (non-hydrogen) atoms. The van der Waals surface area contributed by atoms with Crippen molar-refractivity contribution in [2.45, 2.75) is 6.54 Å². The molecule has 0 saturated carbocycles. The molecule has 0 aliphatic carbocycles. The highest BCUT2D eigenvalue weighted by Crippen LogP contribution is 2.30. The maximum Gasteiger partial charge on any atom is 0.337 e. The van der Waals surface area contributed by atoms with Crippen LogP contribution in [-0.2, 0) is 16.1 Å². The quantitative estimate of drug-likeness (QED) is 0.558. The molecule has 154 valence electrons. The van der Waals surface area contributed by atoms with Crippen LogP contribution in [0.3, 0.4) is 0 Å². The molecule has 2 heterocycles. The van der Waals surface area contributed by atoms with Crippen LogP contribution in [0.4, 0.5) is 0 Å². The Morgan fingerprint density at radius 1 is 1.07 bits per heavy atom. The van der Waals surface area contributed by atoms with Gasteiger partial charge in [0.05, 0.1) is 17.6 Å². The van der Waals surface area contributed by atoms with Crippen molar-refractivity contribution in [3.8, 4) is 0 Å². The zero-order valence-corrected chi connectivity index (χ0v) is 17.6. The van der Waals surface area contributed by atoms with Gasteiger partial charge in [0.2, 0.25) is 0 Å². The summed E-state index contributed by atoms with van der Waals surface area (Å²) in [5, 5.41) is 0.796. The van der Waals surface area contributed by atoms with Crippen LogP contribution in [0.5, 0.6) is 0 Å². The van der Waals surface area contributed by atoms with E-state index >= 15 is 0 Å². The summed E-state index contributed by atoms with van der Waals surface area (Å²) < 4.78 is 4.74. The summed E-state index contributed by atoms with van der Waals surface area (Å²) in [6, 6.07) is 17.4. The third-order valence-corrected chi connectivity index (χ3v) is 6.18. The Bertz CT molecular complexity index is 979. The van der Waals surface area contributed by atoms with E-state index in [2.05, 4.69) is 14.8 Å². The van der Waals surface area contributed by atoms with E-state index in [1.165, 1.54) is 18.9 Å². The van der Waals surface area contributed by atoms with Crippen LogP contribution < -0.4 is 0 Å². The Morgan fingerprint density at radius 3 is 2.43 bits per heavy atom. The third-order valence-electron chi connectivity index (χ3n) is 5.13. The molecular weight excluding hydrogens is 398 g/mol. The highest BCUT2D eigenvalue weighted by atomic mass is 32.2. The minimum Gasteiger partial charge on any atom is -0.465 e. The van der Waals surface area contributed by atoms with E-state index in [4.69, 9.17) is 4.74 Å². The molecule has 0 unspecified atom stereocenters. The molecule has 1 fully saturated rings. The summed E-state index contributed by atoms with van der Waals surface area (Å²) in [7, 11) is 1.39. The van der Waals surface area contributed by atoms with Gasteiger partial charge in [-0.3, -0.25) is 9.69 Å². The minimum absolute atomic E-state index is 0.160. The topological polar surface area (TPSA) is 62.2 Å². The van der Waals surface area contributed by atoms with E-state index in [0.29, 0.717) is 10.5 Å². The van der Waals surface area contributed by atoms with Crippen LogP contribution in [0.25, 0.3) is 6.08 Å². The monoisotopic (exact) mass is 421 g/mol. The van der Waals surface area contributed by atoms with Gasteiger partial charge in [-0.05, 0) is 41.1 Å². The van der Waals surface area contributed by atoms with Crippen LogP contribution in [0.2, 0.25) is 0 Å². The molecule has 2 aromatic rings. The molecule has 0 radical (unpaired) electrons. The van der Waals surface area contributed by atoms with Crippen LogP contribution in [0.15, 0.2) is 64.5 Å². The van der Waals surface area contributed by atoms with E-state index in [1.54, 1.807) is 12.1 Å². The Labute approximate surface area is 180 Å². The van der Waals surface area contributed by atoms with Gasteiger partial charge >= 0.3 is 5.97 Å². The van der Waals surface area contributed by atoms with Crippen molar-refractivity contribution in [3.05, 3.63) is 76.2 Å². The number of aliphatic imine (C=N–C) groups is 1. The fraction of sp³-hybridized carbons (Fsp3) is 0.261. The van der Waals surface area contributed by atoms with Crippen LogP contribution in [0, 0.1) is 0 Å². The van der Waals surface area contributed by atoms with E-state index in [9.17, 15) is 9.59 Å². The number of carbonyl (C=O) groups is 2. The zero-order valence-electron chi connectivity index (χ0n) is 16.8.